The maximum Gasteiger partial charge on any atom is 0.143 e. The second-order valence-corrected chi connectivity index (χ2v) is 13.7. The molecule has 0 amide bonds. The second-order valence-electron chi connectivity index (χ2n) is 13.7. The summed E-state index contributed by atoms with van der Waals surface area (Å²) in [5, 5.41) is 9.12. The summed E-state index contributed by atoms with van der Waals surface area (Å²) in [4.78, 5) is 2.36. The fourth-order valence-electron chi connectivity index (χ4n) is 8.09. The molecule has 0 atom stereocenters. The van der Waals surface area contributed by atoms with E-state index in [1.54, 1.807) is 0 Å². The van der Waals surface area contributed by atoms with Crippen LogP contribution in [0.5, 0.6) is 0 Å². The van der Waals surface area contributed by atoms with Crippen LogP contribution in [0.1, 0.15) is 0 Å². The lowest BCUT2D eigenvalue weighted by atomic mass is 9.99. The lowest BCUT2D eigenvalue weighted by Crippen LogP contribution is -2.10. The predicted molar refractivity (Wildman–Crippen MR) is 222 cm³/mol. The fraction of sp³-hybridized carbons (Fsp3) is 0. The Balaban J connectivity index is 1.06. The lowest BCUT2D eigenvalue weighted by molar-refractivity contribution is 0.670. The largest absolute Gasteiger partial charge is 0.455 e. The number of fused-ring (bicyclic) bond motifs is 9. The Labute approximate surface area is 305 Å². The van der Waals surface area contributed by atoms with E-state index in [1.165, 1.54) is 16.2 Å². The van der Waals surface area contributed by atoms with Gasteiger partial charge in [-0.05, 0) is 87.4 Å². The third kappa shape index (κ3) is 4.75. The van der Waals surface area contributed by atoms with Gasteiger partial charge in [-0.25, -0.2) is 0 Å². The smallest absolute Gasteiger partial charge is 0.143 e. The Bertz CT molecular complexity index is 3170. The van der Waals surface area contributed by atoms with Crippen molar-refractivity contribution < 1.29 is 8.83 Å². The molecule has 53 heavy (non-hydrogen) atoms. The molecular formula is C50H31NO2. The van der Waals surface area contributed by atoms with Crippen molar-refractivity contribution >= 4 is 82.5 Å². The highest BCUT2D eigenvalue weighted by molar-refractivity contribution is 6.19. The molecule has 11 aromatic rings. The van der Waals surface area contributed by atoms with Gasteiger partial charge in [0.15, 0.2) is 0 Å². The Morgan fingerprint density at radius 2 is 1.04 bits per heavy atom. The summed E-state index contributed by atoms with van der Waals surface area (Å²) in [6, 6.07) is 66.7. The first-order valence-corrected chi connectivity index (χ1v) is 18.0. The van der Waals surface area contributed by atoms with E-state index in [0.29, 0.717) is 0 Å². The van der Waals surface area contributed by atoms with Crippen molar-refractivity contribution in [2.24, 2.45) is 0 Å². The highest BCUT2D eigenvalue weighted by Crippen LogP contribution is 2.45. The minimum Gasteiger partial charge on any atom is -0.455 e. The van der Waals surface area contributed by atoms with Gasteiger partial charge in [0.25, 0.3) is 0 Å². The van der Waals surface area contributed by atoms with Crippen LogP contribution in [0.4, 0.5) is 17.1 Å². The van der Waals surface area contributed by atoms with Crippen LogP contribution in [0.15, 0.2) is 197 Å². The summed E-state index contributed by atoms with van der Waals surface area (Å²) in [6.45, 7) is 0. The molecule has 0 aliphatic heterocycles. The van der Waals surface area contributed by atoms with Gasteiger partial charge in [-0.3, -0.25) is 0 Å². The molecular weight excluding hydrogens is 647 g/mol. The molecule has 0 bridgehead atoms. The maximum absolute atomic E-state index is 6.63. The number of hydrogen-bond donors (Lipinski definition) is 0. The molecule has 0 N–H and O–H groups in total. The first-order valence-electron chi connectivity index (χ1n) is 18.0. The van der Waals surface area contributed by atoms with Crippen molar-refractivity contribution in [2.75, 3.05) is 4.90 Å². The minimum atomic E-state index is 0.868. The number of nitrogens with zero attached hydrogens (tertiary/aromatic N) is 1. The standard InChI is InChI=1S/C50H31NO2/c1-2-11-34(12-3-1)41-16-8-17-42-44-31-37(24-29-46(44)52-49(41)42)33-20-25-38(26-21-33)51(39-27-22-32-10-4-5-14-36(32)30-39)45-18-9-19-47-48(45)43-28-23-35-13-6-7-15-40(35)50(43)53-47/h1-31H. The van der Waals surface area contributed by atoms with Crippen LogP contribution in [0.25, 0.3) is 87.7 Å². The molecule has 0 saturated carbocycles. The second kappa shape index (κ2) is 11.7. The van der Waals surface area contributed by atoms with Crippen molar-refractivity contribution in [1.29, 1.82) is 0 Å². The van der Waals surface area contributed by atoms with Crippen LogP contribution in [-0.2, 0) is 0 Å². The van der Waals surface area contributed by atoms with E-state index in [4.69, 9.17) is 8.83 Å². The van der Waals surface area contributed by atoms with Gasteiger partial charge in [0.05, 0.1) is 11.1 Å². The van der Waals surface area contributed by atoms with E-state index < -0.39 is 0 Å². The average Bonchev–Trinajstić information content (AvgIpc) is 3.80. The number of hydrogen-bond acceptors (Lipinski definition) is 3. The minimum absolute atomic E-state index is 0.868. The lowest BCUT2D eigenvalue weighted by Gasteiger charge is -2.27. The van der Waals surface area contributed by atoms with Gasteiger partial charge in [-0.15, -0.1) is 0 Å². The number of furan rings is 2. The van der Waals surface area contributed by atoms with Crippen molar-refractivity contribution in [1.82, 2.24) is 0 Å². The fourth-order valence-corrected chi connectivity index (χ4v) is 8.09. The Hall–Kier alpha value is -7.10. The predicted octanol–water partition coefficient (Wildman–Crippen LogP) is 14.6. The van der Waals surface area contributed by atoms with Crippen LogP contribution in [0.3, 0.4) is 0 Å². The third-order valence-electron chi connectivity index (χ3n) is 10.6. The molecule has 0 fully saturated rings. The van der Waals surface area contributed by atoms with Crippen LogP contribution < -0.4 is 4.90 Å². The van der Waals surface area contributed by atoms with Crippen LogP contribution in [0.2, 0.25) is 0 Å². The molecule has 0 unspecified atom stereocenters. The maximum atomic E-state index is 6.63. The monoisotopic (exact) mass is 677 g/mol. The van der Waals surface area contributed by atoms with Gasteiger partial charge >= 0.3 is 0 Å². The highest BCUT2D eigenvalue weighted by atomic mass is 16.3. The molecule has 0 aliphatic carbocycles. The van der Waals surface area contributed by atoms with E-state index in [2.05, 4.69) is 187 Å². The molecule has 3 nitrogen and oxygen atoms in total. The highest BCUT2D eigenvalue weighted by Gasteiger charge is 2.21. The van der Waals surface area contributed by atoms with Gasteiger partial charge in [0.1, 0.15) is 22.3 Å². The van der Waals surface area contributed by atoms with Gasteiger partial charge in [0.2, 0.25) is 0 Å². The summed E-state index contributed by atoms with van der Waals surface area (Å²) in [7, 11) is 0. The zero-order chi connectivity index (χ0) is 34.9. The van der Waals surface area contributed by atoms with E-state index >= 15 is 0 Å². The normalized spacial score (nSPS) is 11.8. The number of benzene rings is 9. The Morgan fingerprint density at radius 3 is 1.92 bits per heavy atom. The van der Waals surface area contributed by atoms with Gasteiger partial charge < -0.3 is 13.7 Å². The Kier molecular flexibility index (Phi) is 6.55. The van der Waals surface area contributed by atoms with Gasteiger partial charge in [0, 0.05) is 38.5 Å². The molecule has 9 aromatic carbocycles. The van der Waals surface area contributed by atoms with Crippen molar-refractivity contribution in [3.63, 3.8) is 0 Å². The summed E-state index contributed by atoms with van der Waals surface area (Å²) >= 11 is 0. The first kappa shape index (κ1) is 29.6. The SMILES string of the molecule is c1ccc(-c2cccc3c2oc2ccc(-c4ccc(N(c5ccc6ccccc6c5)c5cccc6oc7c8ccccc8ccc7c56)cc4)cc23)cc1. The van der Waals surface area contributed by atoms with E-state index in [1.807, 2.05) is 6.07 Å². The topological polar surface area (TPSA) is 29.5 Å². The molecule has 3 heteroatoms. The van der Waals surface area contributed by atoms with Crippen LogP contribution >= 0.6 is 0 Å². The average molecular weight is 678 g/mol. The molecule has 2 aromatic heterocycles. The Morgan fingerprint density at radius 1 is 0.340 bits per heavy atom. The quantitative estimate of drug-likeness (QED) is 0.182. The summed E-state index contributed by atoms with van der Waals surface area (Å²) in [5.74, 6) is 0. The van der Waals surface area contributed by atoms with Crippen LogP contribution in [0, 0.1) is 0 Å². The van der Waals surface area contributed by atoms with Gasteiger partial charge in [-0.1, -0.05) is 133 Å². The molecule has 0 radical (unpaired) electrons. The van der Waals surface area contributed by atoms with Gasteiger partial charge in [-0.2, -0.15) is 0 Å². The van der Waals surface area contributed by atoms with Crippen molar-refractivity contribution in [3.8, 4) is 22.3 Å². The van der Waals surface area contributed by atoms with Crippen molar-refractivity contribution in [3.05, 3.63) is 188 Å². The van der Waals surface area contributed by atoms with E-state index in [9.17, 15) is 0 Å². The van der Waals surface area contributed by atoms with E-state index in [0.717, 1.165) is 88.6 Å². The number of para-hydroxylation sites is 1. The molecule has 0 saturated heterocycles. The summed E-state index contributed by atoms with van der Waals surface area (Å²) in [5.41, 5.74) is 11.3. The molecule has 248 valence electrons. The van der Waals surface area contributed by atoms with Crippen molar-refractivity contribution in [2.45, 2.75) is 0 Å². The molecule has 2 heterocycles. The molecule has 0 aliphatic rings. The number of anilines is 3. The van der Waals surface area contributed by atoms with E-state index in [-0.39, 0.29) is 0 Å². The van der Waals surface area contributed by atoms with Crippen LogP contribution in [-0.4, -0.2) is 0 Å². The molecule has 0 spiro atoms. The third-order valence-corrected chi connectivity index (χ3v) is 10.6. The zero-order valence-electron chi connectivity index (χ0n) is 28.7. The number of rotatable bonds is 5. The molecule has 11 rings (SSSR count). The summed E-state index contributed by atoms with van der Waals surface area (Å²) < 4.78 is 13.1. The summed E-state index contributed by atoms with van der Waals surface area (Å²) in [6.07, 6.45) is 0. The first-order chi connectivity index (χ1) is 26.3. The zero-order valence-corrected chi connectivity index (χ0v) is 28.7.